The molecule has 0 unspecified atom stereocenters. The number of ether oxygens (including phenoxy) is 2. The summed E-state index contributed by atoms with van der Waals surface area (Å²) in [6.45, 7) is 3.99. The SMILES string of the molecule is CNC(=O)c1cccc(-c2cnc(Nc3ccc(N4CCOCC4)cc3)c3c2CCO3)c1. The van der Waals surface area contributed by atoms with Crippen LogP contribution in [0.4, 0.5) is 17.2 Å². The lowest BCUT2D eigenvalue weighted by Gasteiger charge is -2.29. The molecule has 0 atom stereocenters. The number of pyridine rings is 1. The number of carbonyl (C=O) groups is 1. The molecule has 5 rings (SSSR count). The molecule has 7 heteroatoms. The molecule has 0 radical (unpaired) electrons. The molecule has 32 heavy (non-hydrogen) atoms. The van der Waals surface area contributed by atoms with Gasteiger partial charge in [-0.15, -0.1) is 0 Å². The highest BCUT2D eigenvalue weighted by molar-refractivity contribution is 5.95. The maximum Gasteiger partial charge on any atom is 0.251 e. The van der Waals surface area contributed by atoms with Crippen LogP contribution >= 0.6 is 0 Å². The van der Waals surface area contributed by atoms with E-state index in [4.69, 9.17) is 9.47 Å². The van der Waals surface area contributed by atoms with Crippen molar-refractivity contribution in [2.45, 2.75) is 6.42 Å². The average molecular weight is 431 g/mol. The van der Waals surface area contributed by atoms with Crippen LogP contribution in [0.25, 0.3) is 11.1 Å². The normalized spacial score (nSPS) is 15.1. The molecule has 7 nitrogen and oxygen atoms in total. The van der Waals surface area contributed by atoms with Gasteiger partial charge in [0.2, 0.25) is 0 Å². The van der Waals surface area contributed by atoms with E-state index < -0.39 is 0 Å². The van der Waals surface area contributed by atoms with Gasteiger partial charge in [-0.1, -0.05) is 12.1 Å². The summed E-state index contributed by atoms with van der Waals surface area (Å²) in [5.74, 6) is 1.39. The largest absolute Gasteiger partial charge is 0.489 e. The van der Waals surface area contributed by atoms with E-state index in [0.29, 0.717) is 18.0 Å². The summed E-state index contributed by atoms with van der Waals surface area (Å²) >= 11 is 0. The van der Waals surface area contributed by atoms with E-state index in [1.54, 1.807) is 7.05 Å². The summed E-state index contributed by atoms with van der Waals surface area (Å²) in [4.78, 5) is 19.0. The number of fused-ring (bicyclic) bond motifs is 1. The minimum atomic E-state index is -0.105. The quantitative estimate of drug-likeness (QED) is 0.644. The Labute approximate surface area is 187 Å². The van der Waals surface area contributed by atoms with Gasteiger partial charge in [-0.05, 0) is 42.0 Å². The van der Waals surface area contributed by atoms with Gasteiger partial charge in [0.1, 0.15) is 0 Å². The van der Waals surface area contributed by atoms with Crippen molar-refractivity contribution in [3.8, 4) is 16.9 Å². The molecule has 0 spiro atoms. The molecular formula is C25H26N4O3. The Balaban J connectivity index is 1.40. The fourth-order valence-corrected chi connectivity index (χ4v) is 4.21. The lowest BCUT2D eigenvalue weighted by Crippen LogP contribution is -2.36. The van der Waals surface area contributed by atoms with Crippen molar-refractivity contribution >= 4 is 23.1 Å². The van der Waals surface area contributed by atoms with Crippen molar-refractivity contribution < 1.29 is 14.3 Å². The van der Waals surface area contributed by atoms with Crippen LogP contribution in [0.5, 0.6) is 5.75 Å². The zero-order valence-corrected chi connectivity index (χ0v) is 18.1. The first kappa shape index (κ1) is 20.3. The van der Waals surface area contributed by atoms with E-state index in [2.05, 4.69) is 44.8 Å². The molecule has 2 aliphatic heterocycles. The Kier molecular flexibility index (Phi) is 5.64. The molecular weight excluding hydrogens is 404 g/mol. The van der Waals surface area contributed by atoms with Gasteiger partial charge >= 0.3 is 0 Å². The highest BCUT2D eigenvalue weighted by atomic mass is 16.5. The van der Waals surface area contributed by atoms with E-state index in [1.807, 2.05) is 30.5 Å². The lowest BCUT2D eigenvalue weighted by atomic mass is 9.98. The summed E-state index contributed by atoms with van der Waals surface area (Å²) in [5, 5.41) is 6.08. The molecule has 0 aliphatic carbocycles. The third-order valence-electron chi connectivity index (χ3n) is 5.90. The van der Waals surface area contributed by atoms with Crippen molar-refractivity contribution in [1.82, 2.24) is 10.3 Å². The number of rotatable bonds is 5. The fraction of sp³-hybridized carbons (Fsp3) is 0.280. The summed E-state index contributed by atoms with van der Waals surface area (Å²) in [5.41, 5.74) is 5.85. The van der Waals surface area contributed by atoms with Crippen LogP contribution < -0.4 is 20.3 Å². The lowest BCUT2D eigenvalue weighted by molar-refractivity contribution is 0.0963. The van der Waals surface area contributed by atoms with E-state index in [9.17, 15) is 4.79 Å². The van der Waals surface area contributed by atoms with E-state index >= 15 is 0 Å². The molecule has 2 aromatic carbocycles. The van der Waals surface area contributed by atoms with Gasteiger partial charge in [-0.3, -0.25) is 4.79 Å². The smallest absolute Gasteiger partial charge is 0.251 e. The predicted octanol–water partition coefficient (Wildman–Crippen LogP) is 3.62. The van der Waals surface area contributed by atoms with Crippen LogP contribution in [-0.4, -0.2) is 50.8 Å². The van der Waals surface area contributed by atoms with E-state index in [-0.39, 0.29) is 5.91 Å². The summed E-state index contributed by atoms with van der Waals surface area (Å²) < 4.78 is 11.4. The van der Waals surface area contributed by atoms with Crippen molar-refractivity contribution in [3.05, 3.63) is 65.9 Å². The Morgan fingerprint density at radius 1 is 1.06 bits per heavy atom. The maximum absolute atomic E-state index is 12.0. The molecule has 164 valence electrons. The van der Waals surface area contributed by atoms with Crippen LogP contribution in [-0.2, 0) is 11.2 Å². The first-order chi connectivity index (χ1) is 15.7. The molecule has 0 saturated carbocycles. The zero-order chi connectivity index (χ0) is 21.9. The molecule has 0 bridgehead atoms. The standard InChI is InChI=1S/C25H26N4O3/c1-26-25(30)18-4-2-3-17(15-18)22-16-27-24(23-21(22)9-12-32-23)28-19-5-7-20(8-6-19)29-10-13-31-14-11-29/h2-8,15-16H,9-14H2,1H3,(H,26,30)(H,27,28). The van der Waals surface area contributed by atoms with Gasteiger partial charge in [0.05, 0.1) is 19.8 Å². The number of hydrogen-bond donors (Lipinski definition) is 2. The summed E-state index contributed by atoms with van der Waals surface area (Å²) in [6, 6.07) is 16.0. The van der Waals surface area contributed by atoms with Crippen LogP contribution in [0.15, 0.2) is 54.7 Å². The number of morpholine rings is 1. The highest BCUT2D eigenvalue weighted by Crippen LogP contribution is 2.40. The first-order valence-corrected chi connectivity index (χ1v) is 10.9. The van der Waals surface area contributed by atoms with Gasteiger partial charge in [0.15, 0.2) is 11.6 Å². The number of anilines is 3. The van der Waals surface area contributed by atoms with Crippen LogP contribution in [0.3, 0.4) is 0 Å². The van der Waals surface area contributed by atoms with Gasteiger partial charge < -0.3 is 25.0 Å². The third kappa shape index (κ3) is 3.99. The zero-order valence-electron chi connectivity index (χ0n) is 18.1. The molecule has 1 aromatic heterocycles. The number of aromatic nitrogens is 1. The minimum Gasteiger partial charge on any atom is -0.489 e. The number of carbonyl (C=O) groups excluding carboxylic acids is 1. The highest BCUT2D eigenvalue weighted by Gasteiger charge is 2.23. The second-order valence-corrected chi connectivity index (χ2v) is 7.86. The van der Waals surface area contributed by atoms with E-state index in [1.165, 1.54) is 5.69 Å². The number of hydrogen-bond acceptors (Lipinski definition) is 6. The Morgan fingerprint density at radius 2 is 1.88 bits per heavy atom. The van der Waals surface area contributed by atoms with Gasteiger partial charge in [-0.25, -0.2) is 4.98 Å². The second-order valence-electron chi connectivity index (χ2n) is 7.86. The van der Waals surface area contributed by atoms with Crippen molar-refractivity contribution in [3.63, 3.8) is 0 Å². The second kappa shape index (κ2) is 8.88. The van der Waals surface area contributed by atoms with Crippen LogP contribution in [0, 0.1) is 0 Å². The predicted molar refractivity (Wildman–Crippen MR) is 125 cm³/mol. The van der Waals surface area contributed by atoms with E-state index in [0.717, 1.165) is 60.9 Å². The molecule has 2 N–H and O–H groups in total. The molecule has 3 heterocycles. The van der Waals surface area contributed by atoms with Crippen LogP contribution in [0.1, 0.15) is 15.9 Å². The first-order valence-electron chi connectivity index (χ1n) is 10.9. The van der Waals surface area contributed by atoms with Crippen LogP contribution in [0.2, 0.25) is 0 Å². The molecule has 2 aliphatic rings. The molecule has 1 amide bonds. The molecule has 1 fully saturated rings. The monoisotopic (exact) mass is 430 g/mol. The summed E-state index contributed by atoms with van der Waals surface area (Å²) in [7, 11) is 1.63. The van der Waals surface area contributed by atoms with Gasteiger partial charge in [0.25, 0.3) is 5.91 Å². The number of nitrogens with one attached hydrogen (secondary N) is 2. The van der Waals surface area contributed by atoms with Crippen molar-refractivity contribution in [2.24, 2.45) is 0 Å². The number of nitrogens with zero attached hydrogens (tertiary/aromatic N) is 2. The Hall–Kier alpha value is -3.58. The number of benzene rings is 2. The minimum absolute atomic E-state index is 0.105. The molecule has 3 aromatic rings. The van der Waals surface area contributed by atoms with Gasteiger partial charge in [-0.2, -0.15) is 0 Å². The maximum atomic E-state index is 12.0. The summed E-state index contributed by atoms with van der Waals surface area (Å²) in [6.07, 6.45) is 2.67. The molecule has 1 saturated heterocycles. The Morgan fingerprint density at radius 3 is 2.66 bits per heavy atom. The fourth-order valence-electron chi connectivity index (χ4n) is 4.21. The third-order valence-corrected chi connectivity index (χ3v) is 5.90. The van der Waals surface area contributed by atoms with Crippen molar-refractivity contribution in [1.29, 1.82) is 0 Å². The Bertz CT molecular complexity index is 1120. The average Bonchev–Trinajstić information content (AvgIpc) is 3.35. The topological polar surface area (TPSA) is 75.7 Å². The van der Waals surface area contributed by atoms with Crippen molar-refractivity contribution in [2.75, 3.05) is 50.2 Å². The van der Waals surface area contributed by atoms with Gasteiger partial charge in [0, 0.05) is 60.8 Å². The number of amides is 1.